The van der Waals surface area contributed by atoms with Crippen LogP contribution in [0.5, 0.6) is 0 Å². The number of hydrogen-bond acceptors (Lipinski definition) is 5. The van der Waals surface area contributed by atoms with Gasteiger partial charge in [0.25, 0.3) is 5.91 Å². The minimum Gasteiger partial charge on any atom is -0.349 e. The van der Waals surface area contributed by atoms with E-state index in [1.807, 2.05) is 0 Å². The second-order valence-corrected chi connectivity index (χ2v) is 7.60. The third-order valence-corrected chi connectivity index (χ3v) is 5.26. The van der Waals surface area contributed by atoms with Gasteiger partial charge in [0.15, 0.2) is 0 Å². The molecule has 0 bridgehead atoms. The number of anilines is 1. The normalized spacial score (nSPS) is 13.8. The highest BCUT2D eigenvalue weighted by atomic mass is 19.1. The van der Waals surface area contributed by atoms with Gasteiger partial charge in [0.1, 0.15) is 5.82 Å². The molecule has 0 radical (unpaired) electrons. The van der Waals surface area contributed by atoms with E-state index in [9.17, 15) is 14.0 Å². The highest BCUT2D eigenvalue weighted by molar-refractivity contribution is 5.96. The van der Waals surface area contributed by atoms with Crippen molar-refractivity contribution in [3.8, 4) is 11.4 Å². The first-order valence-corrected chi connectivity index (χ1v) is 10.4. The van der Waals surface area contributed by atoms with E-state index in [1.165, 1.54) is 12.1 Å². The van der Waals surface area contributed by atoms with Gasteiger partial charge in [-0.3, -0.25) is 9.59 Å². The van der Waals surface area contributed by atoms with Gasteiger partial charge in [0, 0.05) is 35.7 Å². The number of benzene rings is 2. The summed E-state index contributed by atoms with van der Waals surface area (Å²) in [7, 11) is 0. The van der Waals surface area contributed by atoms with E-state index in [1.54, 1.807) is 36.4 Å². The Morgan fingerprint density at radius 3 is 2.45 bits per heavy atom. The highest BCUT2D eigenvalue weighted by Crippen LogP contribution is 2.19. The predicted octanol–water partition coefficient (Wildman–Crippen LogP) is 4.12. The van der Waals surface area contributed by atoms with Crippen molar-refractivity contribution in [1.29, 1.82) is 0 Å². The highest BCUT2D eigenvalue weighted by Gasteiger charge is 2.18. The lowest BCUT2D eigenvalue weighted by atomic mass is 10.1. The topological polar surface area (TPSA) is 97.1 Å². The van der Waals surface area contributed by atoms with Crippen molar-refractivity contribution in [1.82, 2.24) is 15.5 Å². The first kappa shape index (κ1) is 20.7. The monoisotopic (exact) mass is 422 g/mol. The molecule has 1 aromatic heterocycles. The van der Waals surface area contributed by atoms with E-state index in [2.05, 4.69) is 20.8 Å². The second-order valence-electron chi connectivity index (χ2n) is 7.60. The Kier molecular flexibility index (Phi) is 6.35. The summed E-state index contributed by atoms with van der Waals surface area (Å²) in [6.07, 6.45) is 4.83. The summed E-state index contributed by atoms with van der Waals surface area (Å²) in [4.78, 5) is 28.7. The number of carbonyl (C=O) groups excluding carboxylic acids is 2. The zero-order valence-corrected chi connectivity index (χ0v) is 16.9. The summed E-state index contributed by atoms with van der Waals surface area (Å²) in [6, 6.07) is 12.9. The third kappa shape index (κ3) is 5.53. The zero-order chi connectivity index (χ0) is 21.6. The maximum absolute atomic E-state index is 13.0. The van der Waals surface area contributed by atoms with Crippen LogP contribution in [0.4, 0.5) is 10.1 Å². The Morgan fingerprint density at radius 2 is 1.74 bits per heavy atom. The fraction of sp³-hybridized carbons (Fsp3) is 0.304. The number of aromatic nitrogens is 2. The SMILES string of the molecule is O=C(CCc1nc(-c2ccc(F)cc2)no1)Nc1ccc(C(=O)NC2CCCC2)cc1. The molecule has 0 aliphatic heterocycles. The van der Waals surface area contributed by atoms with Gasteiger partial charge in [-0.2, -0.15) is 4.98 Å². The summed E-state index contributed by atoms with van der Waals surface area (Å²) in [6.45, 7) is 0. The molecule has 1 aliphatic rings. The maximum atomic E-state index is 13.0. The molecule has 0 unspecified atom stereocenters. The van der Waals surface area contributed by atoms with E-state index in [4.69, 9.17) is 4.52 Å². The summed E-state index contributed by atoms with van der Waals surface area (Å²) in [5, 5.41) is 9.70. The Hall–Kier alpha value is -3.55. The number of halogens is 1. The van der Waals surface area contributed by atoms with Crippen LogP contribution >= 0.6 is 0 Å². The number of rotatable bonds is 7. The van der Waals surface area contributed by atoms with E-state index >= 15 is 0 Å². The van der Waals surface area contributed by atoms with Crippen molar-refractivity contribution >= 4 is 17.5 Å². The van der Waals surface area contributed by atoms with Crippen LogP contribution < -0.4 is 10.6 Å². The molecule has 1 heterocycles. The Bertz CT molecular complexity index is 1040. The van der Waals surface area contributed by atoms with Gasteiger partial charge in [-0.1, -0.05) is 18.0 Å². The molecular weight excluding hydrogens is 399 g/mol. The molecule has 1 saturated carbocycles. The van der Waals surface area contributed by atoms with Gasteiger partial charge in [-0.15, -0.1) is 0 Å². The molecule has 31 heavy (non-hydrogen) atoms. The molecule has 2 aromatic carbocycles. The lowest BCUT2D eigenvalue weighted by Gasteiger charge is -2.12. The lowest BCUT2D eigenvalue weighted by Crippen LogP contribution is -2.32. The van der Waals surface area contributed by atoms with E-state index in [0.717, 1.165) is 25.7 Å². The van der Waals surface area contributed by atoms with Gasteiger partial charge in [-0.05, 0) is 61.4 Å². The van der Waals surface area contributed by atoms with Gasteiger partial charge in [0.2, 0.25) is 17.6 Å². The smallest absolute Gasteiger partial charge is 0.251 e. The number of aryl methyl sites for hydroxylation is 1. The molecule has 3 aromatic rings. The molecule has 2 amide bonds. The number of nitrogens with zero attached hydrogens (tertiary/aromatic N) is 2. The fourth-order valence-corrected chi connectivity index (χ4v) is 3.56. The molecule has 160 valence electrons. The lowest BCUT2D eigenvalue weighted by molar-refractivity contribution is -0.116. The molecule has 0 spiro atoms. The van der Waals surface area contributed by atoms with Gasteiger partial charge in [0.05, 0.1) is 0 Å². The number of hydrogen-bond donors (Lipinski definition) is 2. The van der Waals surface area contributed by atoms with Gasteiger partial charge >= 0.3 is 0 Å². The quantitative estimate of drug-likeness (QED) is 0.597. The summed E-state index contributed by atoms with van der Waals surface area (Å²) >= 11 is 0. The summed E-state index contributed by atoms with van der Waals surface area (Å²) < 4.78 is 18.2. The first-order chi connectivity index (χ1) is 15.1. The molecule has 0 atom stereocenters. The van der Waals surface area contributed by atoms with Gasteiger partial charge < -0.3 is 15.2 Å². The minimum atomic E-state index is -0.341. The van der Waals surface area contributed by atoms with Crippen LogP contribution in [0, 0.1) is 5.82 Å². The third-order valence-electron chi connectivity index (χ3n) is 5.26. The first-order valence-electron chi connectivity index (χ1n) is 10.4. The van der Waals surface area contributed by atoms with Crippen LogP contribution in [-0.2, 0) is 11.2 Å². The van der Waals surface area contributed by atoms with Crippen molar-refractivity contribution in [3.63, 3.8) is 0 Å². The van der Waals surface area contributed by atoms with E-state index in [0.29, 0.717) is 28.5 Å². The van der Waals surface area contributed by atoms with Crippen LogP contribution in [-0.4, -0.2) is 28.0 Å². The molecule has 2 N–H and O–H groups in total. The van der Waals surface area contributed by atoms with Crippen molar-refractivity contribution in [2.45, 2.75) is 44.6 Å². The molecule has 7 nitrogen and oxygen atoms in total. The standard InChI is InChI=1S/C23H23FN4O3/c24-17-9-5-15(6-10-17)22-27-21(31-28-22)14-13-20(29)25-19-11-7-16(8-12-19)23(30)26-18-3-1-2-4-18/h5-12,18H,1-4,13-14H2,(H,25,29)(H,26,30). The zero-order valence-electron chi connectivity index (χ0n) is 16.9. The Balaban J connectivity index is 1.26. The van der Waals surface area contributed by atoms with E-state index in [-0.39, 0.29) is 36.5 Å². The molecule has 4 rings (SSSR count). The van der Waals surface area contributed by atoms with Crippen LogP contribution in [0.2, 0.25) is 0 Å². The second kappa shape index (κ2) is 9.51. The maximum Gasteiger partial charge on any atom is 0.251 e. The van der Waals surface area contributed by atoms with Crippen LogP contribution in [0.3, 0.4) is 0 Å². The number of nitrogens with one attached hydrogen (secondary N) is 2. The fourth-order valence-electron chi connectivity index (χ4n) is 3.56. The summed E-state index contributed by atoms with van der Waals surface area (Å²) in [5.41, 5.74) is 1.82. The van der Waals surface area contributed by atoms with Crippen molar-refractivity contribution in [3.05, 3.63) is 65.8 Å². The van der Waals surface area contributed by atoms with Crippen LogP contribution in [0.1, 0.15) is 48.4 Å². The van der Waals surface area contributed by atoms with Crippen molar-refractivity contribution in [2.24, 2.45) is 0 Å². The van der Waals surface area contributed by atoms with Crippen LogP contribution in [0.25, 0.3) is 11.4 Å². The molecule has 1 fully saturated rings. The minimum absolute atomic E-state index is 0.0851. The average molecular weight is 422 g/mol. The molecule has 0 saturated heterocycles. The predicted molar refractivity (Wildman–Crippen MR) is 113 cm³/mol. The van der Waals surface area contributed by atoms with Crippen molar-refractivity contribution < 1.29 is 18.5 Å². The number of amides is 2. The average Bonchev–Trinajstić information content (AvgIpc) is 3.45. The van der Waals surface area contributed by atoms with Crippen LogP contribution in [0.15, 0.2) is 53.1 Å². The summed E-state index contributed by atoms with van der Waals surface area (Å²) in [5.74, 6) is 0.0460. The molecule has 8 heteroatoms. The largest absolute Gasteiger partial charge is 0.349 e. The Labute approximate surface area is 179 Å². The molecule has 1 aliphatic carbocycles. The van der Waals surface area contributed by atoms with E-state index < -0.39 is 0 Å². The van der Waals surface area contributed by atoms with Crippen molar-refractivity contribution in [2.75, 3.05) is 5.32 Å². The Morgan fingerprint density at radius 1 is 1.03 bits per heavy atom. The van der Waals surface area contributed by atoms with Gasteiger partial charge in [-0.25, -0.2) is 4.39 Å². The molecular formula is C23H23FN4O3. The number of carbonyl (C=O) groups is 2.